The molecule has 6 rings (SSSR count). The van der Waals surface area contributed by atoms with E-state index < -0.39 is 5.92 Å². The minimum Gasteiger partial charge on any atom is -0.365 e. The molecule has 0 bridgehead atoms. The van der Waals surface area contributed by atoms with Crippen LogP contribution in [0.5, 0.6) is 0 Å². The molecule has 1 aliphatic rings. The Balaban J connectivity index is 1.31. The fourth-order valence-electron chi connectivity index (χ4n) is 4.50. The maximum absolute atomic E-state index is 13.8. The van der Waals surface area contributed by atoms with Crippen molar-refractivity contribution in [2.75, 3.05) is 23.3 Å². The lowest BCUT2D eigenvalue weighted by molar-refractivity contribution is -0.0116. The highest BCUT2D eigenvalue weighted by molar-refractivity contribution is 5.86. The summed E-state index contributed by atoms with van der Waals surface area (Å²) in [6.45, 7) is 0.428. The molecule has 2 aromatic carbocycles. The van der Waals surface area contributed by atoms with E-state index in [0.29, 0.717) is 13.0 Å². The fraction of sp³-hybridized carbons (Fsp3) is 0.200. The number of pyridine rings is 1. The van der Waals surface area contributed by atoms with Crippen LogP contribution in [-0.2, 0) is 0 Å². The minimum atomic E-state index is -2.62. The van der Waals surface area contributed by atoms with E-state index in [1.165, 1.54) is 0 Å². The number of anilines is 3. The molecule has 8 heteroatoms. The Labute approximate surface area is 188 Å². The van der Waals surface area contributed by atoms with Gasteiger partial charge in [0.15, 0.2) is 5.65 Å². The first-order valence-corrected chi connectivity index (χ1v) is 10.9. The quantitative estimate of drug-likeness (QED) is 0.365. The second-order valence-electron chi connectivity index (χ2n) is 8.53. The smallest absolute Gasteiger partial charge is 0.265 e. The van der Waals surface area contributed by atoms with Gasteiger partial charge in [-0.2, -0.15) is 5.10 Å². The van der Waals surface area contributed by atoms with Crippen LogP contribution in [-0.4, -0.2) is 38.6 Å². The summed E-state index contributed by atoms with van der Waals surface area (Å²) in [6, 6.07) is 15.9. The van der Waals surface area contributed by atoms with Crippen LogP contribution in [0.15, 0.2) is 73.3 Å². The Morgan fingerprint density at radius 3 is 2.76 bits per heavy atom. The van der Waals surface area contributed by atoms with Crippen LogP contribution >= 0.6 is 0 Å². The molecule has 4 heterocycles. The number of rotatable bonds is 4. The van der Waals surface area contributed by atoms with Crippen molar-refractivity contribution in [1.82, 2.24) is 19.6 Å². The van der Waals surface area contributed by atoms with Crippen LogP contribution in [0.25, 0.3) is 27.7 Å². The van der Waals surface area contributed by atoms with E-state index in [-0.39, 0.29) is 13.0 Å². The molecule has 33 heavy (non-hydrogen) atoms. The monoisotopic (exact) mass is 444 g/mol. The van der Waals surface area contributed by atoms with Crippen molar-refractivity contribution in [3.63, 3.8) is 0 Å². The van der Waals surface area contributed by atoms with Gasteiger partial charge in [0.2, 0.25) is 0 Å². The molecule has 1 saturated heterocycles. The molecule has 0 radical (unpaired) electrons. The summed E-state index contributed by atoms with van der Waals surface area (Å²) in [6.07, 6.45) is 8.00. The first-order valence-electron chi connectivity index (χ1n) is 10.9. The normalized spacial score (nSPS) is 15.9. The molecule has 0 atom stereocenters. The predicted octanol–water partition coefficient (Wildman–Crippen LogP) is 5.86. The van der Waals surface area contributed by atoms with Crippen molar-refractivity contribution >= 4 is 33.6 Å². The molecule has 0 saturated carbocycles. The summed E-state index contributed by atoms with van der Waals surface area (Å²) in [5, 5.41) is 11.6. The maximum atomic E-state index is 13.8. The number of halogens is 2. The average Bonchev–Trinajstić information content (AvgIpc) is 3.48. The molecular formula is C25H22F2N6. The number of hydrogen-bond acceptors (Lipinski definition) is 4. The zero-order valence-corrected chi connectivity index (χ0v) is 17.8. The summed E-state index contributed by atoms with van der Waals surface area (Å²) in [4.78, 5) is 6.25. The van der Waals surface area contributed by atoms with Gasteiger partial charge in [0.05, 0.1) is 23.9 Å². The van der Waals surface area contributed by atoms with Gasteiger partial charge in [0.25, 0.3) is 5.92 Å². The summed E-state index contributed by atoms with van der Waals surface area (Å²) in [5.74, 6) is -2.62. The SMILES string of the molecule is FC1(F)CCCN(c2ccc(Nc3cc(-c4ccc5cn[nH]c5c4)cn4ccnc34)cc2)C1. The average molecular weight is 444 g/mol. The van der Waals surface area contributed by atoms with E-state index in [0.717, 1.165) is 44.7 Å². The molecule has 0 spiro atoms. The molecule has 5 aromatic rings. The number of imidazole rings is 1. The third-order valence-electron chi connectivity index (χ3n) is 6.17. The number of aromatic amines is 1. The van der Waals surface area contributed by atoms with Gasteiger partial charge >= 0.3 is 0 Å². The molecule has 166 valence electrons. The third kappa shape index (κ3) is 3.77. The van der Waals surface area contributed by atoms with Crippen LogP contribution < -0.4 is 10.2 Å². The Morgan fingerprint density at radius 1 is 1.03 bits per heavy atom. The Kier molecular flexibility index (Phi) is 4.53. The van der Waals surface area contributed by atoms with Crippen LogP contribution in [0.1, 0.15) is 12.8 Å². The van der Waals surface area contributed by atoms with Crippen molar-refractivity contribution in [2.24, 2.45) is 0 Å². The van der Waals surface area contributed by atoms with E-state index in [4.69, 9.17) is 0 Å². The van der Waals surface area contributed by atoms with E-state index in [1.54, 1.807) is 17.3 Å². The molecule has 0 aliphatic carbocycles. The maximum Gasteiger partial charge on any atom is 0.265 e. The fourth-order valence-corrected chi connectivity index (χ4v) is 4.50. The molecule has 1 fully saturated rings. The number of benzene rings is 2. The van der Waals surface area contributed by atoms with Crippen LogP contribution in [0.2, 0.25) is 0 Å². The van der Waals surface area contributed by atoms with Gasteiger partial charge in [-0.15, -0.1) is 0 Å². The Bertz CT molecular complexity index is 1440. The highest BCUT2D eigenvalue weighted by atomic mass is 19.3. The molecule has 3 aromatic heterocycles. The van der Waals surface area contributed by atoms with E-state index >= 15 is 0 Å². The van der Waals surface area contributed by atoms with Crippen LogP contribution in [0, 0.1) is 0 Å². The number of nitrogens with zero attached hydrogens (tertiary/aromatic N) is 4. The van der Waals surface area contributed by atoms with Gasteiger partial charge in [0.1, 0.15) is 0 Å². The summed E-state index contributed by atoms with van der Waals surface area (Å²) >= 11 is 0. The second-order valence-corrected chi connectivity index (χ2v) is 8.53. The second kappa shape index (κ2) is 7.58. The lowest BCUT2D eigenvalue weighted by Gasteiger charge is -2.34. The summed E-state index contributed by atoms with van der Waals surface area (Å²) < 4.78 is 29.6. The molecular weight excluding hydrogens is 422 g/mol. The van der Waals surface area contributed by atoms with E-state index in [1.807, 2.05) is 47.1 Å². The highest BCUT2D eigenvalue weighted by Gasteiger charge is 2.35. The Hall–Kier alpha value is -3.94. The van der Waals surface area contributed by atoms with Gasteiger partial charge in [-0.3, -0.25) is 5.10 Å². The molecule has 2 N–H and O–H groups in total. The van der Waals surface area contributed by atoms with Crippen molar-refractivity contribution in [2.45, 2.75) is 18.8 Å². The minimum absolute atomic E-state index is 0.0346. The van der Waals surface area contributed by atoms with Crippen LogP contribution in [0.4, 0.5) is 25.8 Å². The largest absolute Gasteiger partial charge is 0.365 e. The number of nitrogens with one attached hydrogen (secondary N) is 2. The highest BCUT2D eigenvalue weighted by Crippen LogP contribution is 2.32. The number of piperidine rings is 1. The van der Waals surface area contributed by atoms with Crippen molar-refractivity contribution in [1.29, 1.82) is 0 Å². The first kappa shape index (κ1) is 19.7. The first-order chi connectivity index (χ1) is 16.0. The Morgan fingerprint density at radius 2 is 1.91 bits per heavy atom. The summed E-state index contributed by atoms with van der Waals surface area (Å²) in [5.41, 5.74) is 6.42. The topological polar surface area (TPSA) is 61.2 Å². The van der Waals surface area contributed by atoms with Crippen molar-refractivity contribution < 1.29 is 8.78 Å². The number of fused-ring (bicyclic) bond motifs is 2. The molecule has 0 unspecified atom stereocenters. The third-order valence-corrected chi connectivity index (χ3v) is 6.17. The lowest BCUT2D eigenvalue weighted by atomic mass is 10.1. The zero-order valence-electron chi connectivity index (χ0n) is 17.8. The van der Waals surface area contributed by atoms with Crippen molar-refractivity contribution in [3.8, 4) is 11.1 Å². The number of alkyl halides is 2. The van der Waals surface area contributed by atoms with Crippen molar-refractivity contribution in [3.05, 3.63) is 73.3 Å². The zero-order chi connectivity index (χ0) is 22.4. The molecule has 6 nitrogen and oxygen atoms in total. The molecule has 0 amide bonds. The van der Waals surface area contributed by atoms with Crippen LogP contribution in [0.3, 0.4) is 0 Å². The standard InChI is InChI=1S/C25H22F2N6/c26-25(27)8-1-10-33(16-25)21-6-4-20(5-7-21)30-23-13-19(15-32-11-9-28-24(23)32)17-2-3-18-14-29-31-22(18)12-17/h2-7,9,11-15,30H,1,8,10,16H2,(H,29,31). The van der Waals surface area contributed by atoms with E-state index in [9.17, 15) is 8.78 Å². The van der Waals surface area contributed by atoms with Gasteiger partial charge < -0.3 is 14.6 Å². The van der Waals surface area contributed by atoms with Gasteiger partial charge in [-0.05, 0) is 48.4 Å². The van der Waals surface area contributed by atoms with E-state index in [2.05, 4.69) is 38.7 Å². The summed E-state index contributed by atoms with van der Waals surface area (Å²) in [7, 11) is 0. The number of H-pyrrole nitrogens is 1. The van der Waals surface area contributed by atoms with Gasteiger partial charge in [-0.1, -0.05) is 12.1 Å². The number of aromatic nitrogens is 4. The number of hydrogen-bond donors (Lipinski definition) is 2. The molecule has 1 aliphatic heterocycles. The van der Waals surface area contributed by atoms with Gasteiger partial charge in [-0.25, -0.2) is 13.8 Å². The lowest BCUT2D eigenvalue weighted by Crippen LogP contribution is -2.42. The predicted molar refractivity (Wildman–Crippen MR) is 126 cm³/mol. The van der Waals surface area contributed by atoms with Gasteiger partial charge in [0, 0.05) is 53.9 Å².